The van der Waals surface area contributed by atoms with Gasteiger partial charge in [-0.2, -0.15) is 0 Å². The van der Waals surface area contributed by atoms with Gasteiger partial charge in [0.05, 0.1) is 0 Å². The largest absolute Gasteiger partial charge is 0.378 e. The first-order valence-electron chi connectivity index (χ1n) is 7.26. The Hall–Kier alpha value is -2.29. The van der Waals surface area contributed by atoms with Crippen molar-refractivity contribution in [2.45, 2.75) is 12.8 Å². The van der Waals surface area contributed by atoms with Crippen molar-refractivity contribution in [1.29, 1.82) is 0 Å². The molecule has 0 aromatic heterocycles. The minimum absolute atomic E-state index is 0.0807. The Labute approximate surface area is 125 Å². The maximum absolute atomic E-state index is 12.7. The summed E-state index contributed by atoms with van der Waals surface area (Å²) in [4.78, 5) is 16.7. The SMILES string of the molecule is CC1CN(C(=O)c2ccc(N(C)C)cc2)c2ccccc21. The van der Waals surface area contributed by atoms with Crippen LogP contribution in [-0.4, -0.2) is 26.5 Å². The van der Waals surface area contributed by atoms with Crippen molar-refractivity contribution in [3.8, 4) is 0 Å². The molecule has 0 saturated carbocycles. The van der Waals surface area contributed by atoms with E-state index in [1.165, 1.54) is 5.56 Å². The van der Waals surface area contributed by atoms with E-state index in [4.69, 9.17) is 0 Å². The molecule has 3 heteroatoms. The second-order valence-electron chi connectivity index (χ2n) is 5.82. The summed E-state index contributed by atoms with van der Waals surface area (Å²) in [6.45, 7) is 2.93. The Kier molecular flexibility index (Phi) is 3.42. The van der Waals surface area contributed by atoms with E-state index in [-0.39, 0.29) is 5.91 Å². The number of carbonyl (C=O) groups excluding carboxylic acids is 1. The van der Waals surface area contributed by atoms with Gasteiger partial charge in [-0.1, -0.05) is 25.1 Å². The van der Waals surface area contributed by atoms with Gasteiger partial charge in [0.2, 0.25) is 0 Å². The standard InChI is InChI=1S/C18H20N2O/c1-13-12-20(17-7-5-4-6-16(13)17)18(21)14-8-10-15(11-9-14)19(2)3/h4-11,13H,12H2,1-3H3. The van der Waals surface area contributed by atoms with Gasteiger partial charge < -0.3 is 9.80 Å². The van der Waals surface area contributed by atoms with E-state index in [2.05, 4.69) is 13.0 Å². The molecule has 1 aliphatic heterocycles. The number of hydrogen-bond donors (Lipinski definition) is 0. The molecule has 1 unspecified atom stereocenters. The molecule has 3 nitrogen and oxygen atoms in total. The Morgan fingerprint density at radius 2 is 1.76 bits per heavy atom. The molecule has 2 aromatic carbocycles. The fourth-order valence-electron chi connectivity index (χ4n) is 2.87. The van der Waals surface area contributed by atoms with Crippen LogP contribution < -0.4 is 9.80 Å². The van der Waals surface area contributed by atoms with Crippen LogP contribution in [0.25, 0.3) is 0 Å². The van der Waals surface area contributed by atoms with Crippen LogP contribution in [0, 0.1) is 0 Å². The smallest absolute Gasteiger partial charge is 0.258 e. The van der Waals surface area contributed by atoms with Crippen molar-refractivity contribution in [2.75, 3.05) is 30.4 Å². The summed E-state index contributed by atoms with van der Waals surface area (Å²) >= 11 is 0. The predicted molar refractivity (Wildman–Crippen MR) is 87.3 cm³/mol. The summed E-state index contributed by atoms with van der Waals surface area (Å²) < 4.78 is 0. The summed E-state index contributed by atoms with van der Waals surface area (Å²) in [6.07, 6.45) is 0. The lowest BCUT2D eigenvalue weighted by atomic mass is 10.0. The van der Waals surface area contributed by atoms with E-state index in [1.54, 1.807) is 0 Å². The minimum Gasteiger partial charge on any atom is -0.378 e. The number of rotatable bonds is 2. The maximum atomic E-state index is 12.7. The lowest BCUT2D eigenvalue weighted by molar-refractivity contribution is 0.0988. The van der Waals surface area contributed by atoms with E-state index in [0.717, 1.165) is 23.5 Å². The summed E-state index contributed by atoms with van der Waals surface area (Å²) in [5, 5.41) is 0. The number of nitrogens with zero attached hydrogens (tertiary/aromatic N) is 2. The normalized spacial score (nSPS) is 16.7. The summed E-state index contributed by atoms with van der Waals surface area (Å²) in [5.74, 6) is 0.475. The molecular formula is C18H20N2O. The topological polar surface area (TPSA) is 23.6 Å². The van der Waals surface area contributed by atoms with Crippen LogP contribution in [-0.2, 0) is 0 Å². The third-order valence-electron chi connectivity index (χ3n) is 4.09. The third kappa shape index (κ3) is 2.40. The zero-order chi connectivity index (χ0) is 15.0. The van der Waals surface area contributed by atoms with Gasteiger partial charge in [-0.15, -0.1) is 0 Å². The number of amides is 1. The fourth-order valence-corrected chi connectivity index (χ4v) is 2.87. The van der Waals surface area contributed by atoms with Crippen molar-refractivity contribution < 1.29 is 4.79 Å². The summed E-state index contributed by atoms with van der Waals surface area (Å²) in [5.41, 5.74) is 4.15. The van der Waals surface area contributed by atoms with Crippen LogP contribution >= 0.6 is 0 Å². The van der Waals surface area contributed by atoms with Gasteiger partial charge in [0, 0.05) is 43.5 Å². The van der Waals surface area contributed by atoms with Crippen molar-refractivity contribution in [1.82, 2.24) is 0 Å². The number of benzene rings is 2. The molecule has 0 radical (unpaired) electrons. The second kappa shape index (κ2) is 5.24. The molecule has 0 spiro atoms. The highest BCUT2D eigenvalue weighted by Crippen LogP contribution is 2.36. The quantitative estimate of drug-likeness (QED) is 0.840. The Bertz CT molecular complexity index is 661. The molecule has 3 rings (SSSR count). The maximum Gasteiger partial charge on any atom is 0.258 e. The zero-order valence-corrected chi connectivity index (χ0v) is 12.7. The van der Waals surface area contributed by atoms with Gasteiger partial charge in [0.1, 0.15) is 0 Å². The first-order valence-corrected chi connectivity index (χ1v) is 7.26. The number of carbonyl (C=O) groups is 1. The number of fused-ring (bicyclic) bond motifs is 1. The highest BCUT2D eigenvalue weighted by Gasteiger charge is 2.29. The molecule has 1 aliphatic rings. The van der Waals surface area contributed by atoms with Crippen LogP contribution in [0.4, 0.5) is 11.4 Å². The van der Waals surface area contributed by atoms with E-state index < -0.39 is 0 Å². The molecular weight excluding hydrogens is 260 g/mol. The predicted octanol–water partition coefficient (Wildman–Crippen LogP) is 3.52. The molecule has 2 aromatic rings. The van der Waals surface area contributed by atoms with Gasteiger partial charge in [-0.3, -0.25) is 4.79 Å². The van der Waals surface area contributed by atoms with Crippen molar-refractivity contribution in [3.05, 3.63) is 59.7 Å². The molecule has 1 amide bonds. The molecule has 1 atom stereocenters. The monoisotopic (exact) mass is 280 g/mol. The molecule has 0 aliphatic carbocycles. The average Bonchev–Trinajstić information content (AvgIpc) is 2.84. The molecule has 0 saturated heterocycles. The zero-order valence-electron chi connectivity index (χ0n) is 12.7. The fraction of sp³-hybridized carbons (Fsp3) is 0.278. The Morgan fingerprint density at radius 3 is 2.43 bits per heavy atom. The van der Waals surface area contributed by atoms with E-state index >= 15 is 0 Å². The molecule has 108 valence electrons. The second-order valence-corrected chi connectivity index (χ2v) is 5.82. The van der Waals surface area contributed by atoms with Crippen LogP contribution in [0.2, 0.25) is 0 Å². The number of para-hydroxylation sites is 1. The average molecular weight is 280 g/mol. The number of anilines is 2. The molecule has 21 heavy (non-hydrogen) atoms. The third-order valence-corrected chi connectivity index (χ3v) is 4.09. The highest BCUT2D eigenvalue weighted by atomic mass is 16.2. The van der Waals surface area contributed by atoms with Crippen LogP contribution in [0.15, 0.2) is 48.5 Å². The van der Waals surface area contributed by atoms with Gasteiger partial charge >= 0.3 is 0 Å². The summed E-state index contributed by atoms with van der Waals surface area (Å²) in [6, 6.07) is 16.0. The van der Waals surface area contributed by atoms with Crippen molar-refractivity contribution in [3.63, 3.8) is 0 Å². The van der Waals surface area contributed by atoms with Crippen LogP contribution in [0.5, 0.6) is 0 Å². The van der Waals surface area contributed by atoms with E-state index in [1.807, 2.05) is 66.4 Å². The Balaban J connectivity index is 1.90. The van der Waals surface area contributed by atoms with Gasteiger partial charge in [-0.05, 0) is 35.9 Å². The van der Waals surface area contributed by atoms with Gasteiger partial charge in [-0.25, -0.2) is 0 Å². The van der Waals surface area contributed by atoms with Crippen LogP contribution in [0.1, 0.15) is 28.8 Å². The molecule has 1 heterocycles. The van der Waals surface area contributed by atoms with Gasteiger partial charge in [0.15, 0.2) is 0 Å². The molecule has 0 bridgehead atoms. The lowest BCUT2D eigenvalue weighted by Crippen LogP contribution is -2.29. The molecule has 0 fully saturated rings. The van der Waals surface area contributed by atoms with Gasteiger partial charge in [0.25, 0.3) is 5.91 Å². The first kappa shape index (κ1) is 13.7. The Morgan fingerprint density at radius 1 is 1.10 bits per heavy atom. The van der Waals surface area contributed by atoms with E-state index in [0.29, 0.717) is 5.92 Å². The minimum atomic E-state index is 0.0807. The first-order chi connectivity index (χ1) is 10.1. The van der Waals surface area contributed by atoms with E-state index in [9.17, 15) is 4.79 Å². The van der Waals surface area contributed by atoms with Crippen molar-refractivity contribution in [2.24, 2.45) is 0 Å². The van der Waals surface area contributed by atoms with Crippen molar-refractivity contribution >= 4 is 17.3 Å². The lowest BCUT2D eigenvalue weighted by Gasteiger charge is -2.18. The highest BCUT2D eigenvalue weighted by molar-refractivity contribution is 6.07. The number of hydrogen-bond acceptors (Lipinski definition) is 2. The molecule has 0 N–H and O–H groups in total. The summed E-state index contributed by atoms with van der Waals surface area (Å²) in [7, 11) is 3.99. The van der Waals surface area contributed by atoms with Crippen LogP contribution in [0.3, 0.4) is 0 Å².